The van der Waals surface area contributed by atoms with Gasteiger partial charge in [0, 0.05) is 18.0 Å². The van der Waals surface area contributed by atoms with Gasteiger partial charge in [0.2, 0.25) is 0 Å². The third-order valence-corrected chi connectivity index (χ3v) is 7.61. The number of ether oxygens (including phenoxy) is 1. The van der Waals surface area contributed by atoms with Crippen molar-refractivity contribution in [2.45, 2.75) is 6.92 Å². The van der Waals surface area contributed by atoms with Crippen molar-refractivity contribution in [1.29, 1.82) is 0 Å². The van der Waals surface area contributed by atoms with Gasteiger partial charge in [0.1, 0.15) is 11.4 Å². The molecule has 0 spiro atoms. The van der Waals surface area contributed by atoms with Crippen LogP contribution in [0.25, 0.3) is 33.4 Å². The molecule has 6 rings (SSSR count). The van der Waals surface area contributed by atoms with Crippen molar-refractivity contribution in [3.8, 4) is 28.4 Å². The minimum atomic E-state index is -0.101. The van der Waals surface area contributed by atoms with Gasteiger partial charge in [-0.2, -0.15) is 0 Å². The third kappa shape index (κ3) is 4.07. The van der Waals surface area contributed by atoms with E-state index in [-0.39, 0.29) is 5.56 Å². The predicted molar refractivity (Wildman–Crippen MR) is 154 cm³/mol. The first-order valence-electron chi connectivity index (χ1n) is 12.3. The second-order valence-corrected chi connectivity index (χ2v) is 9.86. The molecular weight excluding hydrogens is 492 g/mol. The fourth-order valence-corrected chi connectivity index (χ4v) is 5.65. The molecule has 0 aliphatic rings. The van der Waals surface area contributed by atoms with Crippen LogP contribution in [-0.4, -0.2) is 21.0 Å². The van der Waals surface area contributed by atoms with Crippen LogP contribution in [0.15, 0.2) is 112 Å². The van der Waals surface area contributed by atoms with Gasteiger partial charge in [-0.15, -0.1) is 11.3 Å². The maximum absolute atomic E-state index is 14.1. The monoisotopic (exact) mass is 518 g/mol. The number of fused-ring (bicyclic) bond motifs is 1. The average molecular weight is 519 g/mol. The zero-order valence-corrected chi connectivity index (χ0v) is 22.1. The van der Waals surface area contributed by atoms with Crippen molar-refractivity contribution in [3.05, 3.63) is 123 Å². The molecule has 4 aromatic carbocycles. The van der Waals surface area contributed by atoms with E-state index in [4.69, 9.17) is 9.73 Å². The predicted octanol–water partition coefficient (Wildman–Crippen LogP) is 6.40. The summed E-state index contributed by atoms with van der Waals surface area (Å²) in [5.41, 5.74) is 4.88. The van der Waals surface area contributed by atoms with Crippen LogP contribution in [0.4, 0.5) is 5.69 Å². The number of aromatic nitrogens is 3. The SMILES string of the molecule is COc1ccc2cc(-c3csc(=Nc4ccccc4)n3-c3c(C)n(C)n(-c4ccccc4)c3=O)ccc2c1. The molecular formula is C31H26N4O2S. The van der Waals surface area contributed by atoms with Crippen LogP contribution in [-0.2, 0) is 7.05 Å². The largest absolute Gasteiger partial charge is 0.497 e. The maximum atomic E-state index is 14.1. The van der Waals surface area contributed by atoms with Crippen molar-refractivity contribution in [1.82, 2.24) is 13.9 Å². The highest BCUT2D eigenvalue weighted by atomic mass is 32.1. The molecule has 38 heavy (non-hydrogen) atoms. The van der Waals surface area contributed by atoms with E-state index in [0.717, 1.165) is 49.6 Å². The lowest BCUT2D eigenvalue weighted by molar-refractivity contribution is 0.415. The second kappa shape index (κ2) is 9.68. The fourth-order valence-electron chi connectivity index (χ4n) is 4.74. The van der Waals surface area contributed by atoms with E-state index in [2.05, 4.69) is 29.6 Å². The summed E-state index contributed by atoms with van der Waals surface area (Å²) in [4.78, 5) is 19.7. The molecule has 188 valence electrons. The molecule has 0 saturated heterocycles. The number of rotatable bonds is 5. The summed E-state index contributed by atoms with van der Waals surface area (Å²) >= 11 is 1.52. The van der Waals surface area contributed by atoms with E-state index in [1.807, 2.05) is 96.0 Å². The summed E-state index contributed by atoms with van der Waals surface area (Å²) in [6.07, 6.45) is 0. The van der Waals surface area contributed by atoms with Crippen LogP contribution in [0, 0.1) is 6.92 Å². The zero-order valence-electron chi connectivity index (χ0n) is 21.3. The van der Waals surface area contributed by atoms with Crippen LogP contribution in [0.1, 0.15) is 5.69 Å². The van der Waals surface area contributed by atoms with Gasteiger partial charge in [-0.25, -0.2) is 9.67 Å². The molecule has 0 saturated carbocycles. The Morgan fingerprint density at radius 2 is 1.53 bits per heavy atom. The number of methoxy groups -OCH3 is 1. The highest BCUT2D eigenvalue weighted by Gasteiger charge is 2.22. The highest BCUT2D eigenvalue weighted by molar-refractivity contribution is 7.07. The normalized spacial score (nSPS) is 11.8. The van der Waals surface area contributed by atoms with Gasteiger partial charge in [0.15, 0.2) is 4.80 Å². The Bertz CT molecular complexity index is 1890. The Morgan fingerprint density at radius 3 is 2.26 bits per heavy atom. The van der Waals surface area contributed by atoms with Gasteiger partial charge >= 0.3 is 0 Å². The van der Waals surface area contributed by atoms with Crippen molar-refractivity contribution in [2.24, 2.45) is 12.0 Å². The van der Waals surface area contributed by atoms with Gasteiger partial charge in [-0.05, 0) is 60.2 Å². The summed E-state index contributed by atoms with van der Waals surface area (Å²) in [6.45, 7) is 1.98. The third-order valence-electron chi connectivity index (χ3n) is 6.78. The first-order valence-corrected chi connectivity index (χ1v) is 13.2. The molecule has 0 aliphatic heterocycles. The summed E-state index contributed by atoms with van der Waals surface area (Å²) in [6, 6.07) is 31.9. The lowest BCUT2D eigenvalue weighted by atomic mass is 10.0. The molecule has 0 N–H and O–H groups in total. The first-order chi connectivity index (χ1) is 18.5. The Morgan fingerprint density at radius 1 is 0.842 bits per heavy atom. The van der Waals surface area contributed by atoms with Gasteiger partial charge in [-0.1, -0.05) is 54.6 Å². The Balaban J connectivity index is 1.63. The first kappa shape index (κ1) is 23.8. The smallest absolute Gasteiger partial charge is 0.296 e. The number of hydrogen-bond acceptors (Lipinski definition) is 4. The van der Waals surface area contributed by atoms with E-state index in [1.165, 1.54) is 11.3 Å². The minimum Gasteiger partial charge on any atom is -0.497 e. The quantitative estimate of drug-likeness (QED) is 0.265. The molecule has 0 fully saturated rings. The Labute approximate surface area is 223 Å². The minimum absolute atomic E-state index is 0.101. The Hall–Kier alpha value is -4.62. The van der Waals surface area contributed by atoms with Crippen LogP contribution < -0.4 is 15.1 Å². The number of nitrogens with zero attached hydrogens (tertiary/aromatic N) is 4. The number of thiazole rings is 1. The maximum Gasteiger partial charge on any atom is 0.296 e. The van der Waals surface area contributed by atoms with Crippen LogP contribution in [0.2, 0.25) is 0 Å². The molecule has 0 amide bonds. The molecule has 0 radical (unpaired) electrons. The van der Waals surface area contributed by atoms with E-state index >= 15 is 0 Å². The van der Waals surface area contributed by atoms with Gasteiger partial charge in [-0.3, -0.25) is 14.0 Å². The molecule has 2 aromatic heterocycles. The van der Waals surface area contributed by atoms with Crippen LogP contribution in [0.5, 0.6) is 5.75 Å². The summed E-state index contributed by atoms with van der Waals surface area (Å²) in [5.74, 6) is 0.821. The van der Waals surface area contributed by atoms with Crippen molar-refractivity contribution < 1.29 is 4.74 Å². The molecule has 2 heterocycles. The number of hydrogen-bond donors (Lipinski definition) is 0. The van der Waals surface area contributed by atoms with Gasteiger partial charge in [0.05, 0.1) is 29.9 Å². The van der Waals surface area contributed by atoms with Gasteiger partial charge < -0.3 is 4.74 Å². The van der Waals surface area contributed by atoms with Gasteiger partial charge in [0.25, 0.3) is 5.56 Å². The molecule has 0 atom stereocenters. The molecule has 6 aromatic rings. The summed E-state index contributed by atoms with van der Waals surface area (Å²) in [5, 5.41) is 4.26. The lowest BCUT2D eigenvalue weighted by Gasteiger charge is -2.10. The number of benzene rings is 4. The molecule has 0 bridgehead atoms. The fraction of sp³-hybridized carbons (Fsp3) is 0.0968. The molecule has 0 aliphatic carbocycles. The standard InChI is InChI=1S/C31H26N4O2S/c1-21-29(30(36)35(33(21)2)26-12-8-5-9-13-26)34-28(20-38-31(34)32-25-10-6-4-7-11-25)24-15-14-23-19-27(37-3)17-16-22(23)18-24/h4-20H,1-3H3. The van der Waals surface area contributed by atoms with E-state index in [9.17, 15) is 4.79 Å². The molecule has 6 nitrogen and oxygen atoms in total. The average Bonchev–Trinajstić information content (AvgIpc) is 3.45. The second-order valence-electron chi connectivity index (χ2n) is 9.02. The van der Waals surface area contributed by atoms with E-state index in [1.54, 1.807) is 11.8 Å². The van der Waals surface area contributed by atoms with Crippen molar-refractivity contribution >= 4 is 27.8 Å². The summed E-state index contributed by atoms with van der Waals surface area (Å²) < 4.78 is 11.0. The summed E-state index contributed by atoms with van der Waals surface area (Å²) in [7, 11) is 3.59. The topological polar surface area (TPSA) is 53.4 Å². The lowest BCUT2D eigenvalue weighted by Crippen LogP contribution is -2.24. The van der Waals surface area contributed by atoms with Crippen LogP contribution in [0.3, 0.4) is 0 Å². The van der Waals surface area contributed by atoms with E-state index < -0.39 is 0 Å². The zero-order chi connectivity index (χ0) is 26.2. The van der Waals surface area contributed by atoms with E-state index in [0.29, 0.717) is 5.69 Å². The number of para-hydroxylation sites is 2. The van der Waals surface area contributed by atoms with Crippen molar-refractivity contribution in [3.63, 3.8) is 0 Å². The highest BCUT2D eigenvalue weighted by Crippen LogP contribution is 2.29. The molecule has 7 heteroatoms. The van der Waals surface area contributed by atoms with Crippen LogP contribution >= 0.6 is 11.3 Å². The van der Waals surface area contributed by atoms with Crippen molar-refractivity contribution in [2.75, 3.05) is 7.11 Å². The Kier molecular flexibility index (Phi) is 6.05. The molecule has 0 unspecified atom stereocenters.